The van der Waals surface area contributed by atoms with Gasteiger partial charge in [0.25, 0.3) is 5.92 Å². The van der Waals surface area contributed by atoms with Crippen LogP contribution in [0, 0.1) is 11.8 Å². The molecule has 1 aromatic rings. The van der Waals surface area contributed by atoms with Crippen molar-refractivity contribution in [2.24, 2.45) is 16.8 Å². The van der Waals surface area contributed by atoms with E-state index in [4.69, 9.17) is 0 Å². The van der Waals surface area contributed by atoms with Crippen LogP contribution in [-0.2, 0) is 0 Å². The van der Waals surface area contributed by atoms with Crippen molar-refractivity contribution in [2.45, 2.75) is 64.0 Å². The van der Waals surface area contributed by atoms with Crippen LogP contribution in [0.1, 0.15) is 51.9 Å². The molecule has 1 fully saturated rings. The Labute approximate surface area is 142 Å². The molecule has 132 valence electrons. The van der Waals surface area contributed by atoms with Crippen molar-refractivity contribution in [3.05, 3.63) is 24.3 Å². The molecule has 2 N–H and O–H groups in total. The lowest BCUT2D eigenvalue weighted by molar-refractivity contribution is 0.0527. The van der Waals surface area contributed by atoms with Gasteiger partial charge in [0.1, 0.15) is 5.71 Å². The highest BCUT2D eigenvalue weighted by Gasteiger charge is 2.41. The lowest BCUT2D eigenvalue weighted by Gasteiger charge is -2.28. The van der Waals surface area contributed by atoms with E-state index in [1.165, 1.54) is 19.3 Å². The summed E-state index contributed by atoms with van der Waals surface area (Å²) < 4.78 is 29.0. The molecule has 0 amide bonds. The van der Waals surface area contributed by atoms with Crippen molar-refractivity contribution in [1.29, 1.82) is 0 Å². The average Bonchev–Trinajstić information content (AvgIpc) is 2.96. The van der Waals surface area contributed by atoms with Crippen LogP contribution in [0.25, 0.3) is 0 Å². The third-order valence-corrected chi connectivity index (χ3v) is 5.43. The number of nitrogens with one attached hydrogen (secondary N) is 1. The molecule has 0 saturated heterocycles. The Bertz CT molecular complexity index is 603. The van der Waals surface area contributed by atoms with Crippen LogP contribution in [0.3, 0.4) is 0 Å². The summed E-state index contributed by atoms with van der Waals surface area (Å²) in [4.78, 5) is 4.02. The lowest BCUT2D eigenvalue weighted by atomic mass is 9.91. The third-order valence-electron chi connectivity index (χ3n) is 5.43. The fourth-order valence-electron chi connectivity index (χ4n) is 3.91. The van der Waals surface area contributed by atoms with Gasteiger partial charge in [-0.25, -0.2) is 4.99 Å². The molecular formula is C19H26F2N2O. The van der Waals surface area contributed by atoms with Gasteiger partial charge in [0.15, 0.2) is 6.23 Å². The van der Waals surface area contributed by atoms with Crippen LogP contribution in [-0.4, -0.2) is 23.0 Å². The molecular weight excluding hydrogens is 310 g/mol. The molecule has 1 heterocycles. The zero-order valence-corrected chi connectivity index (χ0v) is 14.1. The Balaban J connectivity index is 1.57. The number of halogens is 2. The first kappa shape index (κ1) is 17.3. The first-order chi connectivity index (χ1) is 11.5. The Morgan fingerprint density at radius 3 is 2.79 bits per heavy atom. The third kappa shape index (κ3) is 3.77. The van der Waals surface area contributed by atoms with Crippen molar-refractivity contribution in [1.82, 2.24) is 0 Å². The Morgan fingerprint density at radius 2 is 2.04 bits per heavy atom. The highest BCUT2D eigenvalue weighted by molar-refractivity contribution is 6.01. The van der Waals surface area contributed by atoms with E-state index in [2.05, 4.69) is 17.2 Å². The highest BCUT2D eigenvalue weighted by Crippen LogP contribution is 2.37. The quantitative estimate of drug-likeness (QED) is 0.707. The van der Waals surface area contributed by atoms with E-state index in [0.717, 1.165) is 18.8 Å². The van der Waals surface area contributed by atoms with Gasteiger partial charge in [-0.3, -0.25) is 0 Å². The van der Waals surface area contributed by atoms with E-state index in [9.17, 15) is 13.9 Å². The molecule has 2 aliphatic rings. The second-order valence-corrected chi connectivity index (χ2v) is 7.18. The SMILES string of the molecule is CC1CCCC1CCCCC(F)(F)C1=Nc2ccccc2NC1O. The van der Waals surface area contributed by atoms with Crippen molar-refractivity contribution >= 4 is 17.1 Å². The maximum atomic E-state index is 14.5. The minimum Gasteiger partial charge on any atom is -0.368 e. The number of nitrogens with zero attached hydrogens (tertiary/aromatic N) is 1. The summed E-state index contributed by atoms with van der Waals surface area (Å²) in [5.74, 6) is -1.65. The van der Waals surface area contributed by atoms with Crippen molar-refractivity contribution < 1.29 is 13.9 Å². The number of hydrogen-bond donors (Lipinski definition) is 2. The Morgan fingerprint density at radius 1 is 1.25 bits per heavy atom. The number of hydrogen-bond acceptors (Lipinski definition) is 3. The van der Waals surface area contributed by atoms with Crippen molar-refractivity contribution in [3.8, 4) is 0 Å². The number of benzene rings is 1. The topological polar surface area (TPSA) is 44.6 Å². The molecule has 0 spiro atoms. The largest absolute Gasteiger partial charge is 0.368 e. The number of unbranched alkanes of at least 4 members (excludes halogenated alkanes) is 1. The smallest absolute Gasteiger partial charge is 0.290 e. The number of para-hydroxylation sites is 2. The number of rotatable bonds is 6. The molecule has 24 heavy (non-hydrogen) atoms. The highest BCUT2D eigenvalue weighted by atomic mass is 19.3. The van der Waals surface area contributed by atoms with Crippen LogP contribution >= 0.6 is 0 Å². The van der Waals surface area contributed by atoms with Gasteiger partial charge in [0.2, 0.25) is 0 Å². The molecule has 3 atom stereocenters. The van der Waals surface area contributed by atoms with Crippen LogP contribution in [0.4, 0.5) is 20.2 Å². The Hall–Kier alpha value is -1.49. The predicted octanol–water partition coefficient (Wildman–Crippen LogP) is 5.13. The zero-order valence-electron chi connectivity index (χ0n) is 14.1. The van der Waals surface area contributed by atoms with Gasteiger partial charge in [-0.1, -0.05) is 51.2 Å². The molecule has 3 nitrogen and oxygen atoms in total. The number of aliphatic hydroxyl groups is 1. The van der Waals surface area contributed by atoms with Crippen LogP contribution in [0.2, 0.25) is 0 Å². The van der Waals surface area contributed by atoms with Crippen molar-refractivity contribution in [3.63, 3.8) is 0 Å². The molecule has 0 radical (unpaired) electrons. The molecule has 1 aromatic carbocycles. The van der Waals surface area contributed by atoms with E-state index in [-0.39, 0.29) is 6.42 Å². The first-order valence-electron chi connectivity index (χ1n) is 8.98. The van der Waals surface area contributed by atoms with E-state index < -0.39 is 17.9 Å². The lowest BCUT2D eigenvalue weighted by Crippen LogP contribution is -2.43. The van der Waals surface area contributed by atoms with Crippen molar-refractivity contribution in [2.75, 3.05) is 5.32 Å². The number of fused-ring (bicyclic) bond motifs is 1. The van der Waals surface area contributed by atoms with E-state index in [1.54, 1.807) is 24.3 Å². The first-order valence-corrected chi connectivity index (χ1v) is 8.98. The molecule has 1 saturated carbocycles. The summed E-state index contributed by atoms with van der Waals surface area (Å²) in [6.45, 7) is 2.27. The summed E-state index contributed by atoms with van der Waals surface area (Å²) >= 11 is 0. The minimum absolute atomic E-state index is 0.256. The van der Waals surface area contributed by atoms with Gasteiger partial charge in [-0.15, -0.1) is 0 Å². The number of anilines is 1. The standard InChI is InChI=1S/C19H26F2N2O/c1-13-7-6-9-14(13)8-4-5-12-19(20,21)17-18(24)23-16-11-3-2-10-15(16)22-17/h2-3,10-11,13-14,18,23-24H,4-9,12H2,1H3. The van der Waals surface area contributed by atoms with Gasteiger partial charge >= 0.3 is 0 Å². The van der Waals surface area contributed by atoms with Gasteiger partial charge in [0, 0.05) is 6.42 Å². The van der Waals surface area contributed by atoms with E-state index >= 15 is 0 Å². The second kappa shape index (κ2) is 7.18. The normalized spacial score (nSPS) is 26.7. The van der Waals surface area contributed by atoms with Gasteiger partial charge in [-0.05, 0) is 30.4 Å². The monoisotopic (exact) mass is 336 g/mol. The van der Waals surface area contributed by atoms with Gasteiger partial charge in [0.05, 0.1) is 11.4 Å². The maximum Gasteiger partial charge on any atom is 0.290 e. The molecule has 5 heteroatoms. The van der Waals surface area contributed by atoms with E-state index in [0.29, 0.717) is 23.7 Å². The minimum atomic E-state index is -3.08. The number of aliphatic hydroxyl groups excluding tert-OH is 1. The molecule has 3 rings (SSSR count). The fourth-order valence-corrected chi connectivity index (χ4v) is 3.91. The average molecular weight is 336 g/mol. The fraction of sp³-hybridized carbons (Fsp3) is 0.632. The summed E-state index contributed by atoms with van der Waals surface area (Å²) in [6, 6.07) is 6.92. The molecule has 0 aromatic heterocycles. The Kier molecular flexibility index (Phi) is 5.18. The van der Waals surface area contributed by atoms with Crippen LogP contribution < -0.4 is 5.32 Å². The zero-order chi connectivity index (χ0) is 17.2. The van der Waals surface area contributed by atoms with E-state index in [1.807, 2.05) is 0 Å². The number of aliphatic imine (C=N–C) groups is 1. The van der Waals surface area contributed by atoms with Crippen LogP contribution in [0.15, 0.2) is 29.3 Å². The van der Waals surface area contributed by atoms with Gasteiger partial charge in [-0.2, -0.15) is 8.78 Å². The molecule has 0 bridgehead atoms. The second-order valence-electron chi connectivity index (χ2n) is 7.18. The van der Waals surface area contributed by atoms with Crippen LogP contribution in [0.5, 0.6) is 0 Å². The number of alkyl halides is 2. The summed E-state index contributed by atoms with van der Waals surface area (Å²) in [6.07, 6.45) is 4.42. The van der Waals surface area contributed by atoms with Gasteiger partial charge < -0.3 is 10.4 Å². The molecule has 1 aliphatic carbocycles. The summed E-state index contributed by atoms with van der Waals surface area (Å²) in [5, 5.41) is 12.7. The maximum absolute atomic E-state index is 14.5. The predicted molar refractivity (Wildman–Crippen MR) is 93.1 cm³/mol. The molecule has 1 aliphatic heterocycles. The summed E-state index contributed by atoms with van der Waals surface area (Å²) in [5.41, 5.74) is 0.576. The summed E-state index contributed by atoms with van der Waals surface area (Å²) in [7, 11) is 0. The molecule has 3 unspecified atom stereocenters.